The molecule has 1 fully saturated rings. The highest BCUT2D eigenvalue weighted by Gasteiger charge is 2.19. The number of aliphatic hydroxyl groups is 1. The largest absolute Gasteiger partial charge is 0.507 e. The molecule has 1 saturated heterocycles. The fraction of sp³-hybridized carbons (Fsp3) is 0.269. The summed E-state index contributed by atoms with van der Waals surface area (Å²) in [6.07, 6.45) is 2.14. The van der Waals surface area contributed by atoms with Crippen molar-refractivity contribution in [3.05, 3.63) is 81.9 Å². The zero-order valence-electron chi connectivity index (χ0n) is 19.3. The van der Waals surface area contributed by atoms with Crippen molar-refractivity contribution in [3.8, 4) is 0 Å². The van der Waals surface area contributed by atoms with Gasteiger partial charge in [0, 0.05) is 56.1 Å². The van der Waals surface area contributed by atoms with Gasteiger partial charge in [-0.2, -0.15) is 0 Å². The van der Waals surface area contributed by atoms with Gasteiger partial charge in [0.05, 0.1) is 17.7 Å². The van der Waals surface area contributed by atoms with Crippen molar-refractivity contribution in [3.63, 3.8) is 0 Å². The number of benzene rings is 2. The van der Waals surface area contributed by atoms with Crippen molar-refractivity contribution >= 4 is 34.1 Å². The van der Waals surface area contributed by atoms with Gasteiger partial charge in [-0.1, -0.05) is 12.1 Å². The van der Waals surface area contributed by atoms with Crippen molar-refractivity contribution < 1.29 is 23.8 Å². The number of fused-ring (bicyclic) bond motifs is 1. The van der Waals surface area contributed by atoms with Gasteiger partial charge >= 0.3 is 5.97 Å². The predicted molar refractivity (Wildman–Crippen MR) is 131 cm³/mol. The smallest absolute Gasteiger partial charge is 0.379 e. The van der Waals surface area contributed by atoms with Crippen LogP contribution in [0.4, 0.5) is 10.1 Å². The van der Waals surface area contributed by atoms with Gasteiger partial charge in [-0.3, -0.25) is 9.59 Å². The highest BCUT2D eigenvalue weighted by molar-refractivity contribution is 6.39. The Hall–Kier alpha value is -3.98. The number of hydrogen-bond donors (Lipinski definition) is 2. The zero-order valence-corrected chi connectivity index (χ0v) is 19.3. The normalized spacial score (nSPS) is 14.2. The van der Waals surface area contributed by atoms with Gasteiger partial charge in [0.15, 0.2) is 5.43 Å². The summed E-state index contributed by atoms with van der Waals surface area (Å²) in [5.74, 6) is -3.18. The van der Waals surface area contributed by atoms with Crippen LogP contribution in [0, 0.1) is 5.82 Å². The van der Waals surface area contributed by atoms with Gasteiger partial charge in [-0.05, 0) is 42.8 Å². The van der Waals surface area contributed by atoms with Crippen molar-refractivity contribution in [2.45, 2.75) is 13.5 Å². The monoisotopic (exact) mass is 479 g/mol. The van der Waals surface area contributed by atoms with Crippen LogP contribution in [-0.2, 0) is 20.9 Å². The van der Waals surface area contributed by atoms with Gasteiger partial charge in [0.25, 0.3) is 5.78 Å². The molecule has 0 unspecified atom stereocenters. The fourth-order valence-electron chi connectivity index (χ4n) is 4.06. The van der Waals surface area contributed by atoms with E-state index in [1.54, 1.807) is 29.7 Å². The predicted octanol–water partition coefficient (Wildman–Crippen LogP) is 2.63. The molecule has 9 heteroatoms. The first kappa shape index (κ1) is 24.2. The second kappa shape index (κ2) is 10.5. The van der Waals surface area contributed by atoms with E-state index >= 15 is 0 Å². The summed E-state index contributed by atoms with van der Waals surface area (Å²) in [4.78, 5) is 39.2. The number of esters is 1. The molecule has 0 radical (unpaired) electrons. The Bertz CT molecular complexity index is 1340. The first-order chi connectivity index (χ1) is 16.9. The highest BCUT2D eigenvalue weighted by atomic mass is 19.1. The maximum atomic E-state index is 13.4. The molecule has 0 aliphatic carbocycles. The molecule has 1 aliphatic rings. The maximum Gasteiger partial charge on any atom is 0.379 e. The number of nitrogens with zero attached hydrogens (tertiary/aromatic N) is 2. The first-order valence-electron chi connectivity index (χ1n) is 11.4. The Morgan fingerprint density at radius 1 is 1.14 bits per heavy atom. The molecule has 1 aliphatic heterocycles. The first-order valence-corrected chi connectivity index (χ1v) is 11.4. The minimum Gasteiger partial charge on any atom is -0.507 e. The molecule has 35 heavy (non-hydrogen) atoms. The van der Waals surface area contributed by atoms with Gasteiger partial charge in [0.2, 0.25) is 0 Å². The van der Waals surface area contributed by atoms with E-state index in [1.807, 2.05) is 12.1 Å². The minimum atomic E-state index is -1.12. The number of carbonyl (C=O) groups excluding carboxylic acids is 2. The SMILES string of the molecule is CCOC(=O)C(=O)C=C(O)c1cn(Cc2ccc(F)cc2)c2cc(N3CCNCC3)ccc2c1=O. The molecular weight excluding hydrogens is 453 g/mol. The van der Waals surface area contributed by atoms with Gasteiger partial charge in [0.1, 0.15) is 11.6 Å². The lowest BCUT2D eigenvalue weighted by molar-refractivity contribution is -0.151. The molecule has 4 rings (SSSR count). The number of anilines is 1. The van der Waals surface area contributed by atoms with E-state index in [1.165, 1.54) is 18.3 Å². The molecule has 182 valence electrons. The van der Waals surface area contributed by atoms with Crippen molar-refractivity contribution in [1.29, 1.82) is 0 Å². The minimum absolute atomic E-state index is 0.00897. The van der Waals surface area contributed by atoms with Crippen LogP contribution in [0.15, 0.2) is 59.5 Å². The van der Waals surface area contributed by atoms with E-state index in [-0.39, 0.29) is 24.5 Å². The van der Waals surface area contributed by atoms with E-state index in [4.69, 9.17) is 0 Å². The Kier molecular flexibility index (Phi) is 7.26. The third-order valence-corrected chi connectivity index (χ3v) is 5.83. The van der Waals surface area contributed by atoms with E-state index in [0.29, 0.717) is 17.0 Å². The second-order valence-electron chi connectivity index (χ2n) is 8.18. The summed E-state index contributed by atoms with van der Waals surface area (Å²) < 4.78 is 19.9. The Labute approximate surface area is 201 Å². The van der Waals surface area contributed by atoms with Crippen LogP contribution in [0.5, 0.6) is 0 Å². The van der Waals surface area contributed by atoms with Gasteiger partial charge in [-0.15, -0.1) is 0 Å². The van der Waals surface area contributed by atoms with Crippen LogP contribution in [-0.4, -0.2) is 54.2 Å². The number of piperazine rings is 1. The van der Waals surface area contributed by atoms with Crippen LogP contribution in [0.3, 0.4) is 0 Å². The molecule has 2 N–H and O–H groups in total. The molecule has 0 amide bonds. The van der Waals surface area contributed by atoms with E-state index < -0.39 is 22.9 Å². The number of aliphatic hydroxyl groups excluding tert-OH is 1. The lowest BCUT2D eigenvalue weighted by Crippen LogP contribution is -2.43. The van der Waals surface area contributed by atoms with Crippen LogP contribution >= 0.6 is 0 Å². The molecule has 1 aromatic heterocycles. The zero-order chi connectivity index (χ0) is 24.9. The molecule has 0 bridgehead atoms. The van der Waals surface area contributed by atoms with E-state index in [9.17, 15) is 23.9 Å². The number of pyridine rings is 1. The van der Waals surface area contributed by atoms with Gasteiger partial charge < -0.3 is 24.6 Å². The summed E-state index contributed by atoms with van der Waals surface area (Å²) in [5, 5.41) is 14.2. The summed E-state index contributed by atoms with van der Waals surface area (Å²) in [6, 6.07) is 11.4. The molecule has 8 nitrogen and oxygen atoms in total. The molecular formula is C26H26FN3O5. The lowest BCUT2D eigenvalue weighted by Gasteiger charge is -2.30. The molecule has 2 heterocycles. The van der Waals surface area contributed by atoms with E-state index in [0.717, 1.165) is 37.4 Å². The second-order valence-corrected chi connectivity index (χ2v) is 8.18. The Morgan fingerprint density at radius 3 is 2.54 bits per heavy atom. The highest BCUT2D eigenvalue weighted by Crippen LogP contribution is 2.24. The number of carbonyl (C=O) groups is 2. The topological polar surface area (TPSA) is 101 Å². The Morgan fingerprint density at radius 2 is 1.86 bits per heavy atom. The third-order valence-electron chi connectivity index (χ3n) is 5.83. The van der Waals surface area contributed by atoms with Crippen LogP contribution in [0.2, 0.25) is 0 Å². The average Bonchev–Trinajstić information content (AvgIpc) is 2.87. The summed E-state index contributed by atoms with van der Waals surface area (Å²) in [7, 11) is 0. The number of ketones is 1. The summed E-state index contributed by atoms with van der Waals surface area (Å²) >= 11 is 0. The van der Waals surface area contributed by atoms with Crippen molar-refractivity contribution in [2.75, 3.05) is 37.7 Å². The number of aromatic nitrogens is 1. The third kappa shape index (κ3) is 5.41. The lowest BCUT2D eigenvalue weighted by atomic mass is 10.1. The van der Waals surface area contributed by atoms with Crippen LogP contribution in [0.25, 0.3) is 16.7 Å². The van der Waals surface area contributed by atoms with Crippen molar-refractivity contribution in [2.24, 2.45) is 0 Å². The average molecular weight is 480 g/mol. The molecule has 0 spiro atoms. The molecule has 0 saturated carbocycles. The summed E-state index contributed by atoms with van der Waals surface area (Å²) in [6.45, 7) is 5.21. The van der Waals surface area contributed by atoms with Gasteiger partial charge in [-0.25, -0.2) is 9.18 Å². The van der Waals surface area contributed by atoms with Crippen molar-refractivity contribution in [1.82, 2.24) is 9.88 Å². The maximum absolute atomic E-state index is 13.4. The number of ether oxygens (including phenoxy) is 1. The number of rotatable bonds is 7. The van der Waals surface area contributed by atoms with E-state index in [2.05, 4.69) is 15.0 Å². The number of hydrogen-bond acceptors (Lipinski definition) is 7. The molecule has 0 atom stereocenters. The molecule has 2 aromatic carbocycles. The standard InChI is InChI=1S/C26H26FN3O5/c1-2-35-26(34)24(32)14-23(31)21-16-30(15-17-3-5-18(27)6-4-17)22-13-19(7-8-20(22)25(21)33)29-11-9-28-10-12-29/h3-8,13-14,16,28,31H,2,9-12,15H2,1H3. The summed E-state index contributed by atoms with van der Waals surface area (Å²) in [5.41, 5.74) is 1.75. The number of halogens is 1. The Balaban J connectivity index is 1.82. The fourth-order valence-corrected chi connectivity index (χ4v) is 4.06. The van der Waals surface area contributed by atoms with Crippen LogP contribution < -0.4 is 15.6 Å². The number of nitrogens with one attached hydrogen (secondary N) is 1. The van der Waals surface area contributed by atoms with Crippen LogP contribution in [0.1, 0.15) is 18.1 Å². The molecule has 3 aromatic rings. The quantitative estimate of drug-likeness (QED) is 0.233.